The van der Waals surface area contributed by atoms with Gasteiger partial charge < -0.3 is 29.7 Å². The molecular formula is C32H42N6O6. The van der Waals surface area contributed by atoms with Gasteiger partial charge in [0.1, 0.15) is 12.3 Å². The number of hydrogen-bond acceptors (Lipinski definition) is 8. The van der Waals surface area contributed by atoms with Crippen LogP contribution < -0.4 is 15.5 Å². The van der Waals surface area contributed by atoms with Crippen LogP contribution in [0, 0.1) is 0 Å². The van der Waals surface area contributed by atoms with Crippen molar-refractivity contribution in [2.45, 2.75) is 52.1 Å². The van der Waals surface area contributed by atoms with Crippen LogP contribution in [0.3, 0.4) is 0 Å². The number of methoxy groups -OCH3 is 1. The lowest BCUT2D eigenvalue weighted by Crippen LogP contribution is -2.35. The van der Waals surface area contributed by atoms with E-state index in [4.69, 9.17) is 14.2 Å². The van der Waals surface area contributed by atoms with Gasteiger partial charge in [0.05, 0.1) is 44.3 Å². The molecule has 3 amide bonds. The van der Waals surface area contributed by atoms with Crippen molar-refractivity contribution in [2.75, 3.05) is 51.5 Å². The summed E-state index contributed by atoms with van der Waals surface area (Å²) in [5.74, 6) is -0.300. The van der Waals surface area contributed by atoms with Crippen molar-refractivity contribution in [2.24, 2.45) is 0 Å². The van der Waals surface area contributed by atoms with E-state index in [1.807, 2.05) is 48.5 Å². The molecule has 1 aromatic heterocycles. The van der Waals surface area contributed by atoms with E-state index >= 15 is 0 Å². The van der Waals surface area contributed by atoms with Crippen molar-refractivity contribution >= 4 is 23.6 Å². The topological polar surface area (TPSA) is 137 Å². The Morgan fingerprint density at radius 3 is 2.50 bits per heavy atom. The molecule has 0 fully saturated rings. The zero-order chi connectivity index (χ0) is 31.1. The number of carbonyl (C=O) groups is 3. The quantitative estimate of drug-likeness (QED) is 0.234. The van der Waals surface area contributed by atoms with E-state index in [1.165, 1.54) is 0 Å². The highest BCUT2D eigenvalue weighted by atomic mass is 16.5. The Hall–Kier alpha value is -4.29. The van der Waals surface area contributed by atoms with Crippen molar-refractivity contribution in [1.82, 2.24) is 25.6 Å². The van der Waals surface area contributed by atoms with E-state index in [-0.39, 0.29) is 37.8 Å². The van der Waals surface area contributed by atoms with Gasteiger partial charge in [-0.2, -0.15) is 0 Å². The fourth-order valence-electron chi connectivity index (χ4n) is 4.98. The first-order valence-corrected chi connectivity index (χ1v) is 15.2. The standard InChI is InChI=1S/C32H42N6O6/c1-3-4-9-16-34-32(41)44-20-18-38-31-25-11-6-5-10-24(25)23-37(27-13-8-7-12-26(27)30(31)35-36-38)29(40)14-17-33-28(39)15-19-43-22-21-42-2/h5-8,10-13H,3-4,9,14-23H2,1-2H3,(H,33,39)(H,34,41). The summed E-state index contributed by atoms with van der Waals surface area (Å²) in [5, 5.41) is 14.6. The highest BCUT2D eigenvalue weighted by Gasteiger charge is 2.29. The number of benzene rings is 2. The first-order valence-electron chi connectivity index (χ1n) is 15.2. The van der Waals surface area contributed by atoms with Gasteiger partial charge in [0.15, 0.2) is 0 Å². The van der Waals surface area contributed by atoms with Crippen LogP contribution in [-0.4, -0.2) is 79.5 Å². The van der Waals surface area contributed by atoms with Gasteiger partial charge in [0, 0.05) is 44.2 Å². The highest BCUT2D eigenvalue weighted by molar-refractivity contribution is 6.00. The van der Waals surface area contributed by atoms with E-state index in [1.54, 1.807) is 16.7 Å². The summed E-state index contributed by atoms with van der Waals surface area (Å²) >= 11 is 0. The molecule has 0 saturated carbocycles. The van der Waals surface area contributed by atoms with Crippen molar-refractivity contribution in [1.29, 1.82) is 0 Å². The zero-order valence-electron chi connectivity index (χ0n) is 25.5. The normalized spacial score (nSPS) is 11.9. The van der Waals surface area contributed by atoms with Gasteiger partial charge in [-0.1, -0.05) is 67.4 Å². The highest BCUT2D eigenvalue weighted by Crippen LogP contribution is 2.41. The summed E-state index contributed by atoms with van der Waals surface area (Å²) < 4.78 is 17.4. The number of nitrogens with one attached hydrogen (secondary N) is 2. The van der Waals surface area contributed by atoms with Gasteiger partial charge in [-0.25, -0.2) is 9.48 Å². The molecule has 4 rings (SSSR count). The molecule has 0 bridgehead atoms. The number of aromatic nitrogens is 3. The molecule has 3 aromatic rings. The number of carbonyl (C=O) groups excluding carboxylic acids is 3. The molecule has 236 valence electrons. The summed E-state index contributed by atoms with van der Waals surface area (Å²) in [5.41, 5.74) is 4.73. The van der Waals surface area contributed by atoms with Gasteiger partial charge in [-0.15, -0.1) is 5.10 Å². The van der Waals surface area contributed by atoms with E-state index in [0.29, 0.717) is 50.8 Å². The van der Waals surface area contributed by atoms with Crippen LogP contribution >= 0.6 is 0 Å². The van der Waals surface area contributed by atoms with Crippen LogP contribution in [0.25, 0.3) is 22.5 Å². The molecule has 1 aliphatic heterocycles. The molecule has 0 atom stereocenters. The molecule has 2 heterocycles. The summed E-state index contributed by atoms with van der Waals surface area (Å²) in [7, 11) is 1.59. The van der Waals surface area contributed by atoms with Crippen molar-refractivity contribution < 1.29 is 28.6 Å². The van der Waals surface area contributed by atoms with E-state index < -0.39 is 6.09 Å². The maximum absolute atomic E-state index is 13.6. The van der Waals surface area contributed by atoms with Crippen LogP contribution in [-0.2, 0) is 36.9 Å². The fourth-order valence-corrected chi connectivity index (χ4v) is 4.98. The van der Waals surface area contributed by atoms with E-state index in [2.05, 4.69) is 27.9 Å². The Bertz CT molecular complexity index is 1390. The second kappa shape index (κ2) is 17.1. The number of unbranched alkanes of at least 4 members (excludes halogenated alkanes) is 2. The van der Waals surface area contributed by atoms with Gasteiger partial charge in [-0.05, 0) is 18.1 Å². The summed E-state index contributed by atoms with van der Waals surface area (Å²) in [6.45, 7) is 4.88. The van der Waals surface area contributed by atoms with Crippen LogP contribution in [0.2, 0.25) is 0 Å². The number of nitrogens with zero attached hydrogens (tertiary/aromatic N) is 4. The molecule has 1 aliphatic rings. The number of fused-ring (bicyclic) bond motifs is 5. The Balaban J connectivity index is 1.47. The third-order valence-electron chi connectivity index (χ3n) is 7.24. The van der Waals surface area contributed by atoms with Gasteiger partial charge in [0.2, 0.25) is 11.8 Å². The van der Waals surface area contributed by atoms with E-state index in [9.17, 15) is 14.4 Å². The number of hydrogen-bond donors (Lipinski definition) is 2. The minimum atomic E-state index is -0.449. The van der Waals surface area contributed by atoms with Crippen LogP contribution in [0.1, 0.15) is 44.6 Å². The first kappa shape index (κ1) is 32.6. The predicted molar refractivity (Wildman–Crippen MR) is 166 cm³/mol. The van der Waals surface area contributed by atoms with Crippen LogP contribution in [0.5, 0.6) is 0 Å². The van der Waals surface area contributed by atoms with E-state index in [0.717, 1.165) is 41.6 Å². The monoisotopic (exact) mass is 606 g/mol. The lowest BCUT2D eigenvalue weighted by atomic mass is 9.95. The number of ether oxygens (including phenoxy) is 3. The van der Waals surface area contributed by atoms with Crippen LogP contribution in [0.4, 0.5) is 10.5 Å². The number of rotatable bonds is 16. The summed E-state index contributed by atoms with van der Waals surface area (Å²) in [4.78, 5) is 39.7. The molecule has 0 spiro atoms. The average Bonchev–Trinajstić information content (AvgIpc) is 3.44. The first-order chi connectivity index (χ1) is 21.5. The molecule has 12 heteroatoms. The molecule has 0 saturated heterocycles. The average molecular weight is 607 g/mol. The molecule has 2 N–H and O–H groups in total. The van der Waals surface area contributed by atoms with Gasteiger partial charge >= 0.3 is 6.09 Å². The number of alkyl carbamates (subject to hydrolysis) is 1. The second-order valence-electron chi connectivity index (χ2n) is 10.4. The molecule has 2 aromatic carbocycles. The Kier molecular flexibility index (Phi) is 12.7. The number of amides is 3. The zero-order valence-corrected chi connectivity index (χ0v) is 25.5. The summed E-state index contributed by atoms with van der Waals surface area (Å²) in [6.07, 6.45) is 2.94. The number of anilines is 1. The minimum absolute atomic E-state index is 0.127. The maximum Gasteiger partial charge on any atom is 0.407 e. The SMILES string of the molecule is CCCCCNC(=O)OCCn1nnc2c1-c1ccccc1CN(C(=O)CCNC(=O)CCOCCOC)c1ccccc1-2. The lowest BCUT2D eigenvalue weighted by Gasteiger charge is -2.28. The fraction of sp³-hybridized carbons (Fsp3) is 0.469. The molecule has 0 aliphatic carbocycles. The van der Waals surface area contributed by atoms with Crippen molar-refractivity contribution in [3.05, 3.63) is 54.1 Å². The lowest BCUT2D eigenvalue weighted by molar-refractivity contribution is -0.122. The van der Waals surface area contributed by atoms with Gasteiger partial charge in [-0.3, -0.25) is 9.59 Å². The molecule has 44 heavy (non-hydrogen) atoms. The van der Waals surface area contributed by atoms with Crippen molar-refractivity contribution in [3.63, 3.8) is 0 Å². The van der Waals surface area contributed by atoms with Gasteiger partial charge in [0.25, 0.3) is 0 Å². The maximum atomic E-state index is 13.6. The Morgan fingerprint density at radius 1 is 0.886 bits per heavy atom. The van der Waals surface area contributed by atoms with Crippen molar-refractivity contribution in [3.8, 4) is 22.5 Å². The third-order valence-corrected chi connectivity index (χ3v) is 7.24. The molecule has 12 nitrogen and oxygen atoms in total. The molecule has 0 radical (unpaired) electrons. The molecular weight excluding hydrogens is 564 g/mol. The second-order valence-corrected chi connectivity index (χ2v) is 10.4. The predicted octanol–water partition coefficient (Wildman–Crippen LogP) is 3.93. The molecule has 0 unspecified atom stereocenters. The largest absolute Gasteiger partial charge is 0.448 e. The Morgan fingerprint density at radius 2 is 1.68 bits per heavy atom. The minimum Gasteiger partial charge on any atom is -0.448 e. The Labute approximate surface area is 258 Å². The number of para-hydroxylation sites is 1. The summed E-state index contributed by atoms with van der Waals surface area (Å²) in [6, 6.07) is 15.4. The third kappa shape index (κ3) is 8.87. The van der Waals surface area contributed by atoms with Crippen LogP contribution in [0.15, 0.2) is 48.5 Å². The smallest absolute Gasteiger partial charge is 0.407 e.